The van der Waals surface area contributed by atoms with Gasteiger partial charge in [-0.05, 0) is 55.5 Å². The van der Waals surface area contributed by atoms with Crippen molar-refractivity contribution in [3.05, 3.63) is 53.6 Å². The average Bonchev–Trinajstić information content (AvgIpc) is 2.86. The number of carbonyl (C=O) groups excluding carboxylic acids is 1. The van der Waals surface area contributed by atoms with Crippen molar-refractivity contribution in [3.8, 4) is 5.75 Å². The molecule has 7 nitrogen and oxygen atoms in total. The van der Waals surface area contributed by atoms with E-state index in [1.807, 2.05) is 43.3 Å². The number of nitrogens with zero attached hydrogens (tertiary/aromatic N) is 3. The standard InChI is InChI=1S/C25H33ClN4O3/c1-20(25(31)27-22-4-6-23(7-5-22)30-15-17-32-18-16-30)29-12-10-28(11-13-29)14-19-33-24-8-2-21(26)3-9-24/h2-9,20H,10-19H2,1H3,(H,27,31)/t20-/m0/s1. The number of ether oxygens (including phenoxy) is 2. The number of carbonyl (C=O) groups is 1. The van der Waals surface area contributed by atoms with E-state index in [0.717, 1.165) is 70.5 Å². The average molecular weight is 473 g/mol. The van der Waals surface area contributed by atoms with Crippen LogP contribution in [0.1, 0.15) is 6.92 Å². The van der Waals surface area contributed by atoms with Gasteiger partial charge in [-0.3, -0.25) is 14.6 Å². The Morgan fingerprint density at radius 2 is 1.67 bits per heavy atom. The molecule has 0 bridgehead atoms. The SMILES string of the molecule is C[C@@H](C(=O)Nc1ccc(N2CCOCC2)cc1)N1CCN(CCOc2ccc(Cl)cc2)CC1. The highest BCUT2D eigenvalue weighted by molar-refractivity contribution is 6.30. The van der Waals surface area contributed by atoms with Crippen molar-refractivity contribution < 1.29 is 14.3 Å². The Hall–Kier alpha value is -2.32. The maximum absolute atomic E-state index is 12.8. The zero-order valence-electron chi connectivity index (χ0n) is 19.2. The molecule has 2 aromatic carbocycles. The van der Waals surface area contributed by atoms with Gasteiger partial charge in [-0.15, -0.1) is 0 Å². The lowest BCUT2D eigenvalue weighted by molar-refractivity contribution is -0.121. The number of piperazine rings is 1. The number of morpholine rings is 1. The van der Waals surface area contributed by atoms with Crippen molar-refractivity contribution in [2.24, 2.45) is 0 Å². The predicted molar refractivity (Wildman–Crippen MR) is 133 cm³/mol. The van der Waals surface area contributed by atoms with Crippen LogP contribution in [0.5, 0.6) is 5.75 Å². The summed E-state index contributed by atoms with van der Waals surface area (Å²) in [5.41, 5.74) is 2.00. The van der Waals surface area contributed by atoms with Crippen LogP contribution < -0.4 is 15.0 Å². The Bertz CT molecular complexity index is 880. The van der Waals surface area contributed by atoms with E-state index in [2.05, 4.69) is 32.1 Å². The fourth-order valence-electron chi connectivity index (χ4n) is 4.19. The molecule has 1 N–H and O–H groups in total. The first kappa shape index (κ1) is 23.8. The second kappa shape index (κ2) is 11.7. The van der Waals surface area contributed by atoms with Gasteiger partial charge in [0.15, 0.2) is 0 Å². The molecular formula is C25H33ClN4O3. The fourth-order valence-corrected chi connectivity index (χ4v) is 4.31. The number of benzene rings is 2. The molecule has 33 heavy (non-hydrogen) atoms. The minimum absolute atomic E-state index is 0.0358. The maximum atomic E-state index is 12.8. The zero-order valence-corrected chi connectivity index (χ0v) is 20.0. The molecular weight excluding hydrogens is 440 g/mol. The molecule has 0 radical (unpaired) electrons. The zero-order chi connectivity index (χ0) is 23.0. The number of hydrogen-bond donors (Lipinski definition) is 1. The molecule has 178 valence electrons. The minimum atomic E-state index is -0.170. The predicted octanol–water partition coefficient (Wildman–Crippen LogP) is 3.20. The molecule has 1 amide bonds. The number of amides is 1. The van der Waals surface area contributed by atoms with Gasteiger partial charge in [0.1, 0.15) is 12.4 Å². The molecule has 1 atom stereocenters. The molecule has 2 aliphatic rings. The van der Waals surface area contributed by atoms with Crippen molar-refractivity contribution in [1.82, 2.24) is 9.80 Å². The summed E-state index contributed by atoms with van der Waals surface area (Å²) in [6, 6.07) is 15.4. The molecule has 2 heterocycles. The van der Waals surface area contributed by atoms with E-state index < -0.39 is 0 Å². The summed E-state index contributed by atoms with van der Waals surface area (Å²) in [5.74, 6) is 0.870. The number of halogens is 1. The molecule has 2 aliphatic heterocycles. The Kier molecular flexibility index (Phi) is 8.45. The van der Waals surface area contributed by atoms with Gasteiger partial charge < -0.3 is 19.7 Å². The van der Waals surface area contributed by atoms with E-state index in [-0.39, 0.29) is 11.9 Å². The van der Waals surface area contributed by atoms with Gasteiger partial charge in [-0.2, -0.15) is 0 Å². The van der Waals surface area contributed by atoms with Crippen LogP contribution in [0.2, 0.25) is 5.02 Å². The smallest absolute Gasteiger partial charge is 0.241 e. The van der Waals surface area contributed by atoms with E-state index in [1.165, 1.54) is 5.69 Å². The van der Waals surface area contributed by atoms with Crippen molar-refractivity contribution in [2.75, 3.05) is 75.9 Å². The van der Waals surface area contributed by atoms with Gasteiger partial charge in [0.05, 0.1) is 19.3 Å². The molecule has 2 fully saturated rings. The molecule has 8 heteroatoms. The van der Waals surface area contributed by atoms with Gasteiger partial charge in [0.25, 0.3) is 0 Å². The van der Waals surface area contributed by atoms with E-state index >= 15 is 0 Å². The monoisotopic (exact) mass is 472 g/mol. The summed E-state index contributed by atoms with van der Waals surface area (Å²) >= 11 is 5.91. The van der Waals surface area contributed by atoms with Crippen LogP contribution in [0.3, 0.4) is 0 Å². The Morgan fingerprint density at radius 3 is 2.33 bits per heavy atom. The van der Waals surface area contributed by atoms with Gasteiger partial charge in [0, 0.05) is 62.2 Å². The normalized spacial score (nSPS) is 18.7. The fraction of sp³-hybridized carbons (Fsp3) is 0.480. The third-order valence-electron chi connectivity index (χ3n) is 6.34. The lowest BCUT2D eigenvalue weighted by atomic mass is 10.2. The number of hydrogen-bond acceptors (Lipinski definition) is 6. The summed E-state index contributed by atoms with van der Waals surface area (Å²) in [6.07, 6.45) is 0. The second-order valence-corrected chi connectivity index (χ2v) is 8.93. The van der Waals surface area contributed by atoms with E-state index in [1.54, 1.807) is 0 Å². The molecule has 0 spiro atoms. The van der Waals surface area contributed by atoms with Gasteiger partial charge in [-0.1, -0.05) is 11.6 Å². The molecule has 4 rings (SSSR count). The third kappa shape index (κ3) is 6.84. The van der Waals surface area contributed by atoms with Gasteiger partial charge >= 0.3 is 0 Å². The minimum Gasteiger partial charge on any atom is -0.492 e. The van der Waals surface area contributed by atoms with Crippen molar-refractivity contribution in [2.45, 2.75) is 13.0 Å². The van der Waals surface area contributed by atoms with Crippen molar-refractivity contribution in [1.29, 1.82) is 0 Å². The maximum Gasteiger partial charge on any atom is 0.241 e. The Labute approximate surface area is 201 Å². The molecule has 0 aliphatic carbocycles. The van der Waals surface area contributed by atoms with Crippen LogP contribution in [-0.4, -0.2) is 87.4 Å². The summed E-state index contributed by atoms with van der Waals surface area (Å²) in [4.78, 5) is 19.7. The molecule has 0 saturated carbocycles. The summed E-state index contributed by atoms with van der Waals surface area (Å²) in [7, 11) is 0. The van der Waals surface area contributed by atoms with Crippen LogP contribution in [-0.2, 0) is 9.53 Å². The quantitative estimate of drug-likeness (QED) is 0.636. The third-order valence-corrected chi connectivity index (χ3v) is 6.59. The number of rotatable bonds is 8. The summed E-state index contributed by atoms with van der Waals surface area (Å²) in [6.45, 7) is 10.4. The van der Waals surface area contributed by atoms with Crippen LogP contribution in [0.25, 0.3) is 0 Å². The Morgan fingerprint density at radius 1 is 1.00 bits per heavy atom. The van der Waals surface area contributed by atoms with E-state index in [0.29, 0.717) is 11.6 Å². The largest absolute Gasteiger partial charge is 0.492 e. The molecule has 2 saturated heterocycles. The lowest BCUT2D eigenvalue weighted by Crippen LogP contribution is -2.53. The molecule has 0 aromatic heterocycles. The first-order valence-corrected chi connectivity index (χ1v) is 12.0. The van der Waals surface area contributed by atoms with E-state index in [9.17, 15) is 4.79 Å². The first-order chi connectivity index (χ1) is 16.1. The summed E-state index contributed by atoms with van der Waals surface area (Å²) in [5, 5.41) is 3.78. The molecule has 0 unspecified atom stereocenters. The second-order valence-electron chi connectivity index (χ2n) is 8.49. The van der Waals surface area contributed by atoms with Crippen LogP contribution in [0.4, 0.5) is 11.4 Å². The first-order valence-electron chi connectivity index (χ1n) is 11.7. The highest BCUT2D eigenvalue weighted by Crippen LogP contribution is 2.20. The van der Waals surface area contributed by atoms with Crippen LogP contribution in [0.15, 0.2) is 48.5 Å². The Balaban J connectivity index is 1.17. The van der Waals surface area contributed by atoms with Crippen molar-refractivity contribution in [3.63, 3.8) is 0 Å². The number of anilines is 2. The highest BCUT2D eigenvalue weighted by atomic mass is 35.5. The lowest BCUT2D eigenvalue weighted by Gasteiger charge is -2.37. The topological polar surface area (TPSA) is 57.3 Å². The number of nitrogens with one attached hydrogen (secondary N) is 1. The van der Waals surface area contributed by atoms with Crippen LogP contribution in [0, 0.1) is 0 Å². The van der Waals surface area contributed by atoms with Gasteiger partial charge in [0.2, 0.25) is 5.91 Å². The molecule has 2 aromatic rings. The summed E-state index contributed by atoms with van der Waals surface area (Å²) < 4.78 is 11.2. The van der Waals surface area contributed by atoms with Crippen LogP contribution >= 0.6 is 11.6 Å². The van der Waals surface area contributed by atoms with Gasteiger partial charge in [-0.25, -0.2) is 0 Å². The van der Waals surface area contributed by atoms with Crippen molar-refractivity contribution >= 4 is 28.9 Å². The van der Waals surface area contributed by atoms with E-state index in [4.69, 9.17) is 21.1 Å². The highest BCUT2D eigenvalue weighted by Gasteiger charge is 2.25.